The molecule has 2 rings (SSSR count). The standard InChI is InChI=1S/C8H9S2/c1-2-8(10-4-1)7-3-5-9-6-7/h3,5,8H,1-2,4H2. The molecular weight excluding hydrogens is 160 g/mol. The van der Waals surface area contributed by atoms with Crippen LogP contribution in [0.1, 0.15) is 23.7 Å². The third-order valence-corrected chi connectivity index (χ3v) is 3.81. The Morgan fingerprint density at radius 2 is 2.60 bits per heavy atom. The Bertz CT molecular complexity index is 185. The van der Waals surface area contributed by atoms with Crippen LogP contribution in [0.25, 0.3) is 0 Å². The number of thioether (sulfide) groups is 1. The van der Waals surface area contributed by atoms with Crippen molar-refractivity contribution in [2.45, 2.75) is 18.1 Å². The van der Waals surface area contributed by atoms with Gasteiger partial charge in [-0.1, -0.05) is 0 Å². The van der Waals surface area contributed by atoms with Gasteiger partial charge in [0.1, 0.15) is 0 Å². The lowest BCUT2D eigenvalue weighted by Crippen LogP contribution is -1.82. The quantitative estimate of drug-likeness (QED) is 0.622. The van der Waals surface area contributed by atoms with E-state index < -0.39 is 0 Å². The maximum atomic E-state index is 3.30. The predicted molar refractivity (Wildman–Crippen MR) is 47.6 cm³/mol. The second kappa shape index (κ2) is 2.97. The van der Waals surface area contributed by atoms with Crippen LogP contribution in [0.2, 0.25) is 0 Å². The maximum Gasteiger partial charge on any atom is 0.0489 e. The molecule has 0 saturated carbocycles. The van der Waals surface area contributed by atoms with Crippen molar-refractivity contribution >= 4 is 23.1 Å². The minimum absolute atomic E-state index is 0.770. The van der Waals surface area contributed by atoms with Crippen LogP contribution in [0.4, 0.5) is 0 Å². The van der Waals surface area contributed by atoms with Crippen LogP contribution in [0.15, 0.2) is 11.4 Å². The summed E-state index contributed by atoms with van der Waals surface area (Å²) in [5, 5.41) is 6.19. The summed E-state index contributed by atoms with van der Waals surface area (Å²) in [4.78, 5) is 0. The van der Waals surface area contributed by atoms with Gasteiger partial charge < -0.3 is 0 Å². The van der Waals surface area contributed by atoms with Crippen LogP contribution in [0.3, 0.4) is 0 Å². The van der Waals surface area contributed by atoms with Crippen molar-refractivity contribution in [3.63, 3.8) is 0 Å². The van der Waals surface area contributed by atoms with E-state index in [-0.39, 0.29) is 0 Å². The van der Waals surface area contributed by atoms with Gasteiger partial charge in [-0.25, -0.2) is 0 Å². The van der Waals surface area contributed by atoms with Gasteiger partial charge in [0.05, 0.1) is 0 Å². The molecule has 1 aromatic heterocycles. The van der Waals surface area contributed by atoms with E-state index >= 15 is 0 Å². The molecule has 0 bridgehead atoms. The molecule has 0 spiro atoms. The normalized spacial score (nSPS) is 25.4. The van der Waals surface area contributed by atoms with E-state index in [1.807, 2.05) is 0 Å². The maximum absolute atomic E-state index is 3.30. The van der Waals surface area contributed by atoms with Crippen molar-refractivity contribution in [1.82, 2.24) is 0 Å². The molecule has 1 fully saturated rings. The Kier molecular flexibility index (Phi) is 2.00. The Labute approximate surface area is 69.6 Å². The molecule has 1 radical (unpaired) electrons. The van der Waals surface area contributed by atoms with E-state index in [1.54, 1.807) is 11.3 Å². The van der Waals surface area contributed by atoms with E-state index in [0.717, 1.165) is 5.25 Å². The first-order valence-electron chi connectivity index (χ1n) is 3.53. The van der Waals surface area contributed by atoms with Crippen molar-refractivity contribution in [2.24, 2.45) is 0 Å². The van der Waals surface area contributed by atoms with Crippen LogP contribution >= 0.6 is 23.1 Å². The van der Waals surface area contributed by atoms with Crippen molar-refractivity contribution in [3.8, 4) is 0 Å². The van der Waals surface area contributed by atoms with Crippen LogP contribution in [-0.4, -0.2) is 5.75 Å². The smallest absolute Gasteiger partial charge is 0.0489 e. The first-order chi connectivity index (χ1) is 4.97. The van der Waals surface area contributed by atoms with Crippen LogP contribution in [0, 0.1) is 5.38 Å². The zero-order valence-electron chi connectivity index (χ0n) is 5.67. The zero-order valence-corrected chi connectivity index (χ0v) is 7.30. The van der Waals surface area contributed by atoms with Crippen molar-refractivity contribution < 1.29 is 0 Å². The monoisotopic (exact) mass is 169 g/mol. The lowest BCUT2D eigenvalue weighted by Gasteiger charge is -2.02. The van der Waals surface area contributed by atoms with E-state index in [9.17, 15) is 0 Å². The molecule has 1 aromatic rings. The molecule has 53 valence electrons. The zero-order chi connectivity index (χ0) is 6.81. The average Bonchev–Trinajstić information content (AvgIpc) is 2.59. The summed E-state index contributed by atoms with van der Waals surface area (Å²) in [5.74, 6) is 1.34. The van der Waals surface area contributed by atoms with Gasteiger partial charge in [-0.2, -0.15) is 11.8 Å². The van der Waals surface area contributed by atoms with Gasteiger partial charge in [0.15, 0.2) is 0 Å². The second-order valence-corrected chi connectivity index (χ2v) is 4.50. The first-order valence-corrected chi connectivity index (χ1v) is 5.46. The molecule has 10 heavy (non-hydrogen) atoms. The average molecular weight is 169 g/mol. The fourth-order valence-electron chi connectivity index (χ4n) is 1.24. The fraction of sp³-hybridized carbons (Fsp3) is 0.500. The molecule has 0 amide bonds. The van der Waals surface area contributed by atoms with Crippen molar-refractivity contribution in [3.05, 3.63) is 22.4 Å². The van der Waals surface area contributed by atoms with E-state index in [2.05, 4.69) is 28.6 Å². The predicted octanol–water partition coefficient (Wildman–Crippen LogP) is 3.12. The SMILES string of the molecule is [c]1sccc1C1CCCS1. The number of thiophene rings is 1. The second-order valence-electron chi connectivity index (χ2n) is 2.48. The van der Waals surface area contributed by atoms with Crippen molar-refractivity contribution in [1.29, 1.82) is 0 Å². The summed E-state index contributed by atoms with van der Waals surface area (Å²) in [7, 11) is 0. The summed E-state index contributed by atoms with van der Waals surface area (Å²) in [5.41, 5.74) is 1.42. The Hall–Kier alpha value is 0.0500. The molecule has 0 aliphatic carbocycles. The number of rotatable bonds is 1. The Morgan fingerprint density at radius 3 is 3.20 bits per heavy atom. The van der Waals surface area contributed by atoms with Gasteiger partial charge in [-0.15, -0.1) is 11.3 Å². The minimum atomic E-state index is 0.770. The third kappa shape index (κ3) is 1.23. The lowest BCUT2D eigenvalue weighted by atomic mass is 10.1. The molecule has 0 N–H and O–H groups in total. The lowest BCUT2D eigenvalue weighted by molar-refractivity contribution is 0.831. The van der Waals surface area contributed by atoms with Gasteiger partial charge >= 0.3 is 0 Å². The van der Waals surface area contributed by atoms with Gasteiger partial charge in [0, 0.05) is 10.6 Å². The Morgan fingerprint density at radius 1 is 1.60 bits per heavy atom. The summed E-state index contributed by atoms with van der Waals surface area (Å²) in [6, 6.07) is 2.20. The van der Waals surface area contributed by atoms with Crippen molar-refractivity contribution in [2.75, 3.05) is 5.75 Å². The summed E-state index contributed by atoms with van der Waals surface area (Å²) in [6.07, 6.45) is 2.75. The van der Waals surface area contributed by atoms with Crippen LogP contribution in [-0.2, 0) is 0 Å². The molecule has 1 saturated heterocycles. The summed E-state index contributed by atoms with van der Waals surface area (Å²) in [6.45, 7) is 0. The molecule has 0 aromatic carbocycles. The van der Waals surface area contributed by atoms with Gasteiger partial charge in [-0.05, 0) is 35.6 Å². The van der Waals surface area contributed by atoms with Gasteiger partial charge in [0.25, 0.3) is 0 Å². The first kappa shape index (κ1) is 6.74. The van der Waals surface area contributed by atoms with E-state index in [0.29, 0.717) is 0 Å². The summed E-state index contributed by atoms with van der Waals surface area (Å²) < 4.78 is 0. The van der Waals surface area contributed by atoms with E-state index in [4.69, 9.17) is 0 Å². The molecule has 2 heterocycles. The van der Waals surface area contributed by atoms with Crippen LogP contribution in [0.5, 0.6) is 0 Å². The molecular formula is C8H9S2. The molecule has 1 unspecified atom stereocenters. The molecule has 1 aliphatic rings. The van der Waals surface area contributed by atoms with E-state index in [1.165, 1.54) is 24.2 Å². The fourth-order valence-corrected chi connectivity index (χ4v) is 3.21. The molecule has 1 aliphatic heterocycles. The third-order valence-electron chi connectivity index (χ3n) is 1.77. The van der Waals surface area contributed by atoms with Gasteiger partial charge in [0.2, 0.25) is 0 Å². The number of hydrogen-bond donors (Lipinski definition) is 0. The highest BCUT2D eigenvalue weighted by atomic mass is 32.2. The highest BCUT2D eigenvalue weighted by Crippen LogP contribution is 2.40. The topological polar surface area (TPSA) is 0 Å². The largest absolute Gasteiger partial charge is 0.154 e. The minimum Gasteiger partial charge on any atom is -0.154 e. The summed E-state index contributed by atoms with van der Waals surface area (Å²) >= 11 is 3.76. The molecule has 0 nitrogen and oxygen atoms in total. The highest BCUT2D eigenvalue weighted by Gasteiger charge is 2.17. The number of hydrogen-bond acceptors (Lipinski definition) is 2. The Balaban J connectivity index is 2.12. The molecule has 2 heteroatoms. The highest BCUT2D eigenvalue weighted by molar-refractivity contribution is 7.99. The van der Waals surface area contributed by atoms with Crippen LogP contribution < -0.4 is 0 Å². The van der Waals surface area contributed by atoms with Gasteiger partial charge in [-0.3, -0.25) is 0 Å². The molecule has 1 atom stereocenters.